The Labute approximate surface area is 160 Å². The summed E-state index contributed by atoms with van der Waals surface area (Å²) in [6.07, 6.45) is 0. The molecule has 1 saturated heterocycles. The Bertz CT molecular complexity index is 482. The predicted molar refractivity (Wildman–Crippen MR) is 103 cm³/mol. The molecule has 0 unspecified atom stereocenters. The Morgan fingerprint density at radius 2 is 1.59 bits per heavy atom. The number of nitrogens with one attached hydrogen (secondary N) is 1. The van der Waals surface area contributed by atoms with Gasteiger partial charge in [-0.1, -0.05) is 55.6 Å². The fourth-order valence-corrected chi connectivity index (χ4v) is 3.65. The van der Waals surface area contributed by atoms with E-state index in [1.54, 1.807) is 6.07 Å². The van der Waals surface area contributed by atoms with E-state index in [0.717, 1.165) is 31.7 Å². The molecule has 0 amide bonds. The molecule has 7 heteroatoms. The van der Waals surface area contributed by atoms with E-state index < -0.39 is 0 Å². The van der Waals surface area contributed by atoms with Gasteiger partial charge in [-0.15, -0.1) is 24.8 Å². The number of rotatable bonds is 2. The molecule has 1 aliphatic heterocycles. The van der Waals surface area contributed by atoms with Crippen molar-refractivity contribution in [2.24, 2.45) is 5.41 Å². The summed E-state index contributed by atoms with van der Waals surface area (Å²) in [6, 6.07) is 3.86. The van der Waals surface area contributed by atoms with E-state index >= 15 is 0 Å². The normalized spacial score (nSPS) is 17.4. The number of hydrogen-bond donors (Lipinski definition) is 1. The van der Waals surface area contributed by atoms with Crippen molar-refractivity contribution in [3.05, 3.63) is 32.8 Å². The van der Waals surface area contributed by atoms with Gasteiger partial charge in [-0.25, -0.2) is 0 Å². The topological polar surface area (TPSA) is 15.3 Å². The van der Waals surface area contributed by atoms with Crippen LogP contribution in [0.3, 0.4) is 0 Å². The van der Waals surface area contributed by atoms with Crippen molar-refractivity contribution in [2.45, 2.75) is 26.8 Å². The summed E-state index contributed by atoms with van der Waals surface area (Å²) in [5, 5.41) is 5.17. The molecule has 1 aromatic carbocycles. The average molecular weight is 409 g/mol. The molecule has 0 spiro atoms. The van der Waals surface area contributed by atoms with Gasteiger partial charge in [-0.3, -0.25) is 4.90 Å². The molecule has 1 aliphatic rings. The van der Waals surface area contributed by atoms with Gasteiger partial charge in [0.2, 0.25) is 0 Å². The Hall–Kier alpha value is 0.590. The first kappa shape index (κ1) is 22.6. The third-order valence-corrected chi connectivity index (χ3v) is 4.69. The van der Waals surface area contributed by atoms with Gasteiger partial charge in [-0.05, 0) is 23.1 Å². The van der Waals surface area contributed by atoms with E-state index in [0.29, 0.717) is 15.1 Å². The summed E-state index contributed by atoms with van der Waals surface area (Å²) in [6.45, 7) is 10.7. The molecule has 1 aromatic rings. The molecule has 0 radical (unpaired) electrons. The Kier molecular flexibility index (Phi) is 9.42. The highest BCUT2D eigenvalue weighted by Crippen LogP contribution is 2.44. The maximum absolute atomic E-state index is 6.45. The van der Waals surface area contributed by atoms with Gasteiger partial charge in [0.15, 0.2) is 0 Å². The molecule has 2 rings (SSSR count). The van der Waals surface area contributed by atoms with E-state index in [4.69, 9.17) is 34.8 Å². The van der Waals surface area contributed by atoms with Crippen molar-refractivity contribution >= 4 is 59.6 Å². The van der Waals surface area contributed by atoms with E-state index in [-0.39, 0.29) is 36.3 Å². The van der Waals surface area contributed by atoms with Crippen LogP contribution in [0, 0.1) is 5.41 Å². The van der Waals surface area contributed by atoms with Crippen LogP contribution in [0.5, 0.6) is 0 Å². The minimum atomic E-state index is 0. The Morgan fingerprint density at radius 3 is 2.09 bits per heavy atom. The lowest BCUT2D eigenvalue weighted by Crippen LogP contribution is -2.48. The molecule has 1 atom stereocenters. The van der Waals surface area contributed by atoms with Crippen molar-refractivity contribution < 1.29 is 0 Å². The summed E-state index contributed by atoms with van der Waals surface area (Å²) in [5.74, 6) is 0. The highest BCUT2D eigenvalue weighted by Gasteiger charge is 2.34. The molecule has 0 aromatic heterocycles. The van der Waals surface area contributed by atoms with E-state index in [2.05, 4.69) is 31.0 Å². The van der Waals surface area contributed by atoms with E-state index in [1.165, 1.54) is 0 Å². The van der Waals surface area contributed by atoms with Crippen molar-refractivity contribution in [3.8, 4) is 0 Å². The highest BCUT2D eigenvalue weighted by molar-refractivity contribution is 6.43. The van der Waals surface area contributed by atoms with Gasteiger partial charge in [0.25, 0.3) is 0 Å². The first-order valence-electron chi connectivity index (χ1n) is 6.90. The van der Waals surface area contributed by atoms with Gasteiger partial charge in [0.1, 0.15) is 0 Å². The number of benzene rings is 1. The third kappa shape index (κ3) is 5.31. The van der Waals surface area contributed by atoms with Crippen LogP contribution in [0.1, 0.15) is 32.4 Å². The Balaban J connectivity index is 0.00000220. The molecular formula is C15H23Cl5N2. The Morgan fingerprint density at radius 1 is 1.05 bits per heavy atom. The second-order valence-electron chi connectivity index (χ2n) is 6.35. The van der Waals surface area contributed by atoms with Crippen molar-refractivity contribution in [3.63, 3.8) is 0 Å². The predicted octanol–water partition coefficient (Wildman–Crippen LogP) is 5.48. The van der Waals surface area contributed by atoms with Crippen molar-refractivity contribution in [2.75, 3.05) is 26.2 Å². The number of halogens is 5. The minimum absolute atomic E-state index is 0. The molecule has 0 bridgehead atoms. The van der Waals surface area contributed by atoms with Crippen LogP contribution < -0.4 is 5.32 Å². The molecule has 128 valence electrons. The molecular weight excluding hydrogens is 385 g/mol. The molecule has 1 fully saturated rings. The molecule has 0 saturated carbocycles. The molecule has 2 nitrogen and oxygen atoms in total. The summed E-state index contributed by atoms with van der Waals surface area (Å²) in [7, 11) is 0. The lowest BCUT2D eigenvalue weighted by atomic mass is 9.81. The van der Waals surface area contributed by atoms with E-state index in [1.807, 2.05) is 6.07 Å². The van der Waals surface area contributed by atoms with Crippen LogP contribution in [-0.4, -0.2) is 31.1 Å². The maximum atomic E-state index is 6.45. The standard InChI is InChI=1S/C15H21Cl3N2.2ClH/c1-15(2,3)14(20-6-4-19-5-7-20)11-8-10(16)9-12(17)13(11)18;;/h8-9,14,19H,4-7H2,1-3H3;2*1H/t14-;;/m1../s1. The van der Waals surface area contributed by atoms with Gasteiger partial charge in [-0.2, -0.15) is 0 Å². The van der Waals surface area contributed by atoms with Gasteiger partial charge in [0, 0.05) is 37.2 Å². The van der Waals surface area contributed by atoms with Gasteiger partial charge in [0.05, 0.1) is 10.0 Å². The molecule has 22 heavy (non-hydrogen) atoms. The second kappa shape index (κ2) is 9.17. The summed E-state index contributed by atoms with van der Waals surface area (Å²) in [5.41, 5.74) is 1.08. The molecule has 1 N–H and O–H groups in total. The zero-order chi connectivity index (χ0) is 14.9. The third-order valence-electron chi connectivity index (χ3n) is 3.65. The van der Waals surface area contributed by atoms with Gasteiger partial charge < -0.3 is 5.32 Å². The monoisotopic (exact) mass is 406 g/mol. The summed E-state index contributed by atoms with van der Waals surface area (Å²) < 4.78 is 0. The van der Waals surface area contributed by atoms with Crippen LogP contribution in [0.15, 0.2) is 12.1 Å². The van der Waals surface area contributed by atoms with Crippen molar-refractivity contribution in [1.82, 2.24) is 10.2 Å². The van der Waals surface area contributed by atoms with Crippen LogP contribution in [-0.2, 0) is 0 Å². The van der Waals surface area contributed by atoms with Crippen LogP contribution in [0.25, 0.3) is 0 Å². The molecule has 1 heterocycles. The van der Waals surface area contributed by atoms with Crippen LogP contribution >= 0.6 is 59.6 Å². The molecule has 0 aliphatic carbocycles. The maximum Gasteiger partial charge on any atom is 0.0641 e. The average Bonchev–Trinajstić information content (AvgIpc) is 2.35. The second-order valence-corrected chi connectivity index (χ2v) is 7.57. The lowest BCUT2D eigenvalue weighted by Gasteiger charge is -2.43. The lowest BCUT2D eigenvalue weighted by molar-refractivity contribution is 0.0863. The number of nitrogens with zero attached hydrogens (tertiary/aromatic N) is 1. The minimum Gasteiger partial charge on any atom is -0.314 e. The van der Waals surface area contributed by atoms with Crippen LogP contribution in [0.4, 0.5) is 0 Å². The highest BCUT2D eigenvalue weighted by atomic mass is 35.5. The summed E-state index contributed by atoms with van der Waals surface area (Å²) in [4.78, 5) is 2.46. The number of piperazine rings is 1. The number of hydrogen-bond acceptors (Lipinski definition) is 2. The first-order valence-corrected chi connectivity index (χ1v) is 8.03. The van der Waals surface area contributed by atoms with Gasteiger partial charge >= 0.3 is 0 Å². The fourth-order valence-electron chi connectivity index (χ4n) is 2.93. The van der Waals surface area contributed by atoms with Crippen LogP contribution in [0.2, 0.25) is 15.1 Å². The smallest absolute Gasteiger partial charge is 0.0641 e. The zero-order valence-corrected chi connectivity index (χ0v) is 16.9. The SMILES string of the molecule is CC(C)(C)[C@@H](c1cc(Cl)cc(Cl)c1Cl)N1CCNCC1.Cl.Cl. The first-order chi connectivity index (χ1) is 9.30. The van der Waals surface area contributed by atoms with Crippen molar-refractivity contribution in [1.29, 1.82) is 0 Å². The quantitative estimate of drug-likeness (QED) is 0.652. The zero-order valence-electron chi connectivity index (χ0n) is 13.0. The summed E-state index contributed by atoms with van der Waals surface area (Å²) >= 11 is 18.8. The largest absolute Gasteiger partial charge is 0.314 e. The van der Waals surface area contributed by atoms with E-state index in [9.17, 15) is 0 Å². The fraction of sp³-hybridized carbons (Fsp3) is 0.600.